The number of benzene rings is 4. The second-order valence-corrected chi connectivity index (χ2v) is 10.8. The van der Waals surface area contributed by atoms with Gasteiger partial charge in [0, 0.05) is 63.5 Å². The molecule has 0 aliphatic carbocycles. The van der Waals surface area contributed by atoms with Crippen LogP contribution in [0.5, 0.6) is 0 Å². The number of nitrogens with one attached hydrogen (secondary N) is 2. The molecule has 9 nitrogen and oxygen atoms in total. The molecule has 1 aromatic heterocycles. The molecule has 0 unspecified atom stereocenters. The SMILES string of the molecule is CC.CC.CC1(C)OC(=O)C(CNc2ccccc2)C(=O)O1.COCc1ccccc1.COCc1ccccc1.O=c1cc[nH]c2ccccc12. The zero-order valence-corrected chi connectivity index (χ0v) is 31.2. The number of aromatic nitrogens is 1. The number of hydrogen-bond acceptors (Lipinski definition) is 8. The number of ether oxygens (including phenoxy) is 4. The van der Waals surface area contributed by atoms with Gasteiger partial charge in [-0.3, -0.25) is 14.4 Å². The Morgan fingerprint density at radius 1 is 0.627 bits per heavy atom. The van der Waals surface area contributed by atoms with Gasteiger partial charge in [0.05, 0.1) is 13.2 Å². The van der Waals surface area contributed by atoms with Gasteiger partial charge < -0.3 is 29.2 Å². The van der Waals surface area contributed by atoms with E-state index in [-0.39, 0.29) is 12.0 Å². The van der Waals surface area contributed by atoms with Gasteiger partial charge in [0.15, 0.2) is 11.3 Å². The maximum atomic E-state index is 11.7. The van der Waals surface area contributed by atoms with E-state index in [0.29, 0.717) is 13.2 Å². The second-order valence-electron chi connectivity index (χ2n) is 10.8. The first kappa shape index (κ1) is 43.8. The monoisotopic (exact) mass is 698 g/mol. The van der Waals surface area contributed by atoms with E-state index in [2.05, 4.69) is 10.3 Å². The molecule has 5 aromatic rings. The number of para-hydroxylation sites is 2. The van der Waals surface area contributed by atoms with Crippen molar-refractivity contribution in [3.8, 4) is 0 Å². The van der Waals surface area contributed by atoms with Crippen molar-refractivity contribution in [1.82, 2.24) is 4.98 Å². The summed E-state index contributed by atoms with van der Waals surface area (Å²) in [5.74, 6) is -3.20. The predicted octanol–water partition coefficient (Wildman–Crippen LogP) is 8.80. The first-order valence-corrected chi connectivity index (χ1v) is 17.1. The number of esters is 2. The average Bonchev–Trinajstić information content (AvgIpc) is 3.15. The lowest BCUT2D eigenvalue weighted by Crippen LogP contribution is -2.48. The number of fused-ring (bicyclic) bond motifs is 1. The third-order valence-electron chi connectivity index (χ3n) is 6.52. The number of hydrogen-bond donors (Lipinski definition) is 2. The van der Waals surface area contributed by atoms with Crippen molar-refractivity contribution in [2.75, 3.05) is 26.1 Å². The van der Waals surface area contributed by atoms with Gasteiger partial charge in [-0.05, 0) is 35.4 Å². The molecule has 0 spiro atoms. The van der Waals surface area contributed by atoms with E-state index in [9.17, 15) is 14.4 Å². The van der Waals surface area contributed by atoms with Gasteiger partial charge in [-0.25, -0.2) is 0 Å². The highest BCUT2D eigenvalue weighted by Gasteiger charge is 2.42. The first-order chi connectivity index (χ1) is 24.7. The van der Waals surface area contributed by atoms with E-state index < -0.39 is 23.6 Å². The van der Waals surface area contributed by atoms with Crippen molar-refractivity contribution in [2.45, 2.75) is 60.5 Å². The molecule has 1 aliphatic rings. The summed E-state index contributed by atoms with van der Waals surface area (Å²) in [5.41, 5.74) is 4.24. The van der Waals surface area contributed by atoms with Crippen molar-refractivity contribution >= 4 is 28.5 Å². The lowest BCUT2D eigenvalue weighted by Gasteiger charge is -2.32. The molecule has 0 saturated carbocycles. The largest absolute Gasteiger partial charge is 0.422 e. The number of methoxy groups -OCH3 is 2. The topological polar surface area (TPSA) is 116 Å². The number of aromatic amines is 1. The van der Waals surface area contributed by atoms with Gasteiger partial charge in [0.1, 0.15) is 0 Å². The highest BCUT2D eigenvalue weighted by Crippen LogP contribution is 2.23. The molecule has 274 valence electrons. The lowest BCUT2D eigenvalue weighted by molar-refractivity contribution is -0.239. The summed E-state index contributed by atoms with van der Waals surface area (Å²) >= 11 is 0. The highest BCUT2D eigenvalue weighted by molar-refractivity contribution is 5.97. The molecule has 0 bridgehead atoms. The summed E-state index contributed by atoms with van der Waals surface area (Å²) in [6.07, 6.45) is 1.66. The van der Waals surface area contributed by atoms with Gasteiger partial charge in [-0.1, -0.05) is 119 Å². The van der Waals surface area contributed by atoms with Crippen molar-refractivity contribution in [3.05, 3.63) is 149 Å². The van der Waals surface area contributed by atoms with Crippen molar-refractivity contribution < 1.29 is 28.5 Å². The maximum Gasteiger partial charge on any atom is 0.325 e. The molecule has 4 aromatic carbocycles. The number of carbonyl (C=O) groups excluding carboxylic acids is 2. The minimum Gasteiger partial charge on any atom is -0.422 e. The molecule has 51 heavy (non-hydrogen) atoms. The molecule has 6 rings (SSSR count). The second kappa shape index (κ2) is 25.7. The van der Waals surface area contributed by atoms with Gasteiger partial charge in [0.25, 0.3) is 5.79 Å². The minimum atomic E-state index is -1.17. The Hall–Kier alpha value is -5.25. The van der Waals surface area contributed by atoms with Gasteiger partial charge in [-0.15, -0.1) is 0 Å². The van der Waals surface area contributed by atoms with Crippen LogP contribution in [-0.4, -0.2) is 43.5 Å². The van der Waals surface area contributed by atoms with Gasteiger partial charge >= 0.3 is 11.9 Å². The number of cyclic esters (lactones) is 2. The van der Waals surface area contributed by atoms with Crippen LogP contribution in [0.3, 0.4) is 0 Å². The minimum absolute atomic E-state index is 0.0688. The molecule has 1 fully saturated rings. The number of anilines is 1. The Morgan fingerprint density at radius 3 is 1.51 bits per heavy atom. The number of H-pyrrole nitrogens is 1. The number of rotatable bonds is 7. The van der Waals surface area contributed by atoms with E-state index in [0.717, 1.165) is 16.6 Å². The van der Waals surface area contributed by atoms with Crippen LogP contribution in [0.2, 0.25) is 0 Å². The van der Waals surface area contributed by atoms with Crippen LogP contribution in [0.1, 0.15) is 52.7 Å². The summed E-state index contributed by atoms with van der Waals surface area (Å²) in [7, 11) is 3.40. The van der Waals surface area contributed by atoms with Crippen LogP contribution in [0, 0.1) is 5.92 Å². The molecule has 9 heteroatoms. The average molecular weight is 699 g/mol. The molecule has 0 radical (unpaired) electrons. The molecular weight excluding hydrogens is 644 g/mol. The molecule has 2 N–H and O–H groups in total. The first-order valence-electron chi connectivity index (χ1n) is 17.1. The van der Waals surface area contributed by atoms with Crippen LogP contribution >= 0.6 is 0 Å². The van der Waals surface area contributed by atoms with Crippen LogP contribution in [0.15, 0.2) is 132 Å². The van der Waals surface area contributed by atoms with Crippen LogP contribution in [0.4, 0.5) is 5.69 Å². The Morgan fingerprint density at radius 2 is 1.06 bits per heavy atom. The summed E-state index contributed by atoms with van der Waals surface area (Å²) in [4.78, 5) is 37.5. The quantitative estimate of drug-likeness (QED) is 0.128. The standard InChI is InChI=1S/C13H15NO4.C9H7NO.2C8H10O.2C2H6/c1-13(2)17-11(15)10(12(16)18-13)8-14-9-6-4-3-5-7-9;11-9-5-6-10-8-4-2-1-3-7(8)9;2*1-9-7-8-5-3-2-4-6-8;2*1-2/h3-7,10,14H,8H2,1-2H3;1-6H,(H,10,11);2*2-6H,7H2,1H3;2*1-2H3. The van der Waals surface area contributed by atoms with Crippen molar-refractivity contribution in [2.24, 2.45) is 5.92 Å². The van der Waals surface area contributed by atoms with Gasteiger partial charge in [-0.2, -0.15) is 0 Å². The zero-order chi connectivity index (χ0) is 37.9. The normalized spacial score (nSPS) is 12.5. The Labute approximate surface area is 302 Å². The van der Waals surface area contributed by atoms with E-state index in [1.54, 1.807) is 20.4 Å². The van der Waals surface area contributed by atoms with E-state index in [4.69, 9.17) is 18.9 Å². The lowest BCUT2D eigenvalue weighted by atomic mass is 10.1. The van der Waals surface area contributed by atoms with Crippen molar-refractivity contribution in [1.29, 1.82) is 0 Å². The zero-order valence-electron chi connectivity index (χ0n) is 31.2. The third-order valence-corrected chi connectivity index (χ3v) is 6.52. The summed E-state index contributed by atoms with van der Waals surface area (Å²) < 4.78 is 19.9. The predicted molar refractivity (Wildman–Crippen MR) is 206 cm³/mol. The Balaban J connectivity index is 0.000000343. The smallest absolute Gasteiger partial charge is 0.325 e. The maximum absolute atomic E-state index is 11.7. The Bertz CT molecular complexity index is 1630. The number of pyridine rings is 1. The van der Waals surface area contributed by atoms with E-state index in [1.165, 1.54) is 31.0 Å². The summed E-state index contributed by atoms with van der Waals surface area (Å²) in [6.45, 7) is 12.6. The molecule has 1 aliphatic heterocycles. The van der Waals surface area contributed by atoms with Gasteiger partial charge in [0.2, 0.25) is 0 Å². The molecular formula is C42H54N2O7. The molecule has 0 atom stereocenters. The number of carbonyl (C=O) groups is 2. The van der Waals surface area contributed by atoms with Crippen LogP contribution in [0.25, 0.3) is 10.9 Å². The fraction of sp³-hybridized carbons (Fsp3) is 0.310. The third kappa shape index (κ3) is 17.3. The fourth-order valence-corrected chi connectivity index (χ4v) is 4.29. The van der Waals surface area contributed by atoms with Crippen LogP contribution in [-0.2, 0) is 41.8 Å². The molecule has 1 saturated heterocycles. The van der Waals surface area contributed by atoms with E-state index in [1.807, 2.05) is 143 Å². The van der Waals surface area contributed by atoms with E-state index >= 15 is 0 Å². The molecule has 0 amide bonds. The summed E-state index contributed by atoms with van der Waals surface area (Å²) in [6, 6.07) is 38.5. The Kier molecular flexibility index (Phi) is 22.0. The molecule has 2 heterocycles. The fourth-order valence-electron chi connectivity index (χ4n) is 4.29. The summed E-state index contributed by atoms with van der Waals surface area (Å²) in [5, 5.41) is 3.75. The highest BCUT2D eigenvalue weighted by atomic mass is 16.7. The van der Waals surface area contributed by atoms with Crippen molar-refractivity contribution in [3.63, 3.8) is 0 Å². The van der Waals surface area contributed by atoms with Crippen LogP contribution < -0.4 is 10.7 Å².